The zero-order valence-electron chi connectivity index (χ0n) is 20.0. The molecule has 0 radical (unpaired) electrons. The normalized spacial score (nSPS) is 19.8. The predicted octanol–water partition coefficient (Wildman–Crippen LogP) is 0.956. The Morgan fingerprint density at radius 3 is 3.00 bits per heavy atom. The number of anilines is 1. The van der Waals surface area contributed by atoms with Crippen LogP contribution in [0.3, 0.4) is 0 Å². The maximum atomic E-state index is 13.3. The van der Waals surface area contributed by atoms with E-state index in [0.717, 1.165) is 0 Å². The first-order valence-corrected chi connectivity index (χ1v) is 11.6. The van der Waals surface area contributed by atoms with E-state index in [1.54, 1.807) is 66.5 Å². The minimum Gasteiger partial charge on any atom is -0.493 e. The predicted molar refractivity (Wildman–Crippen MR) is 128 cm³/mol. The van der Waals surface area contributed by atoms with Crippen LogP contribution < -0.4 is 20.1 Å². The van der Waals surface area contributed by atoms with Gasteiger partial charge >= 0.3 is 0 Å². The molecule has 1 saturated heterocycles. The topological polar surface area (TPSA) is 133 Å². The van der Waals surface area contributed by atoms with Gasteiger partial charge < -0.3 is 29.7 Å². The molecule has 2 N–H and O–H groups in total. The Bertz CT molecular complexity index is 1260. The van der Waals surface area contributed by atoms with E-state index in [2.05, 4.69) is 25.9 Å². The van der Waals surface area contributed by atoms with Crippen molar-refractivity contribution in [2.75, 3.05) is 39.2 Å². The number of pyridine rings is 1. The van der Waals surface area contributed by atoms with Gasteiger partial charge in [0.2, 0.25) is 0 Å². The van der Waals surface area contributed by atoms with Gasteiger partial charge in [-0.1, -0.05) is 5.21 Å². The zero-order valence-corrected chi connectivity index (χ0v) is 20.0. The molecular weight excluding hydrogens is 466 g/mol. The van der Waals surface area contributed by atoms with Crippen molar-refractivity contribution in [3.63, 3.8) is 0 Å². The molecule has 12 nitrogen and oxygen atoms in total. The van der Waals surface area contributed by atoms with Gasteiger partial charge in [-0.15, -0.1) is 5.10 Å². The Morgan fingerprint density at radius 2 is 2.17 bits per heavy atom. The smallest absolute Gasteiger partial charge is 0.257 e. The maximum absolute atomic E-state index is 13.3. The number of benzene rings is 1. The average Bonchev–Trinajstić information content (AvgIpc) is 3.53. The van der Waals surface area contributed by atoms with Crippen LogP contribution in [0.1, 0.15) is 26.4 Å². The van der Waals surface area contributed by atoms with E-state index >= 15 is 0 Å². The van der Waals surface area contributed by atoms with Gasteiger partial charge in [-0.25, -0.2) is 9.67 Å². The molecule has 0 aliphatic carbocycles. The Morgan fingerprint density at radius 1 is 1.28 bits per heavy atom. The first kappa shape index (κ1) is 23.5. The summed E-state index contributed by atoms with van der Waals surface area (Å²) in [5.41, 5.74) is 1.51. The van der Waals surface area contributed by atoms with Crippen LogP contribution in [0.4, 0.5) is 5.82 Å². The van der Waals surface area contributed by atoms with Crippen molar-refractivity contribution in [1.82, 2.24) is 30.2 Å². The van der Waals surface area contributed by atoms with Crippen molar-refractivity contribution in [3.05, 3.63) is 59.5 Å². The fourth-order valence-corrected chi connectivity index (χ4v) is 4.33. The summed E-state index contributed by atoms with van der Waals surface area (Å²) >= 11 is 0. The third-order valence-corrected chi connectivity index (χ3v) is 6.18. The maximum Gasteiger partial charge on any atom is 0.257 e. The highest BCUT2D eigenvalue weighted by atomic mass is 16.5. The molecule has 1 aromatic carbocycles. The number of fused-ring (bicyclic) bond motifs is 5. The summed E-state index contributed by atoms with van der Waals surface area (Å²) in [5, 5.41) is 14.3. The zero-order chi connectivity index (χ0) is 25.1. The molecule has 2 atom stereocenters. The number of hydrogen-bond donors (Lipinski definition) is 2. The van der Waals surface area contributed by atoms with Crippen LogP contribution in [0.5, 0.6) is 11.5 Å². The Labute approximate surface area is 207 Å². The van der Waals surface area contributed by atoms with Gasteiger partial charge in [-0.2, -0.15) is 0 Å². The third kappa shape index (κ3) is 4.80. The van der Waals surface area contributed by atoms with E-state index in [0.29, 0.717) is 53.8 Å². The number of aromatic nitrogens is 4. The van der Waals surface area contributed by atoms with E-state index in [-0.39, 0.29) is 25.0 Å². The van der Waals surface area contributed by atoms with E-state index in [1.807, 2.05) is 0 Å². The third-order valence-electron chi connectivity index (χ3n) is 6.18. The van der Waals surface area contributed by atoms with Crippen molar-refractivity contribution in [3.8, 4) is 11.5 Å². The van der Waals surface area contributed by atoms with Gasteiger partial charge in [-0.05, 0) is 30.3 Å². The molecular formula is C24H27N7O5. The van der Waals surface area contributed by atoms with Crippen LogP contribution in [-0.4, -0.2) is 82.7 Å². The summed E-state index contributed by atoms with van der Waals surface area (Å²) in [7, 11) is 3.26. The summed E-state index contributed by atoms with van der Waals surface area (Å²) in [6.45, 7) is 1.54. The molecule has 4 heterocycles. The number of amides is 2. The number of carbonyl (C=O) groups excluding carboxylic acids is 2. The molecule has 1 fully saturated rings. The van der Waals surface area contributed by atoms with Crippen molar-refractivity contribution in [2.24, 2.45) is 0 Å². The number of nitrogens with one attached hydrogen (secondary N) is 2. The number of rotatable bonds is 3. The monoisotopic (exact) mass is 493 g/mol. The molecule has 2 aliphatic rings. The standard InChI is InChI=1S/C24H27N7O5/c1-25-22-17(4-3-7-26-22)24(33)30-12-18-21(13-30)36-14-16-11-31(29-28-16)8-9-35-20-10-15(23(32)27-18)5-6-19(20)34-2/h3-7,10-11,18,21H,8-9,12-14H2,1-2H3,(H,25,26)(H,27,32)/t18-,21-/m0/s1. The molecule has 188 valence electrons. The Balaban J connectivity index is 1.43. The van der Waals surface area contributed by atoms with Gasteiger partial charge in [-0.3, -0.25) is 9.59 Å². The number of methoxy groups -OCH3 is 1. The Hall–Kier alpha value is -4.19. The SMILES string of the molecule is CNc1ncccc1C(=O)N1C[C@@H]2NC(=O)c3ccc(OC)c(c3)OCCn3cc(nn3)CO[C@H]2C1. The van der Waals surface area contributed by atoms with Crippen molar-refractivity contribution >= 4 is 17.6 Å². The Kier molecular flexibility index (Phi) is 6.67. The molecule has 0 spiro atoms. The van der Waals surface area contributed by atoms with E-state index in [4.69, 9.17) is 14.2 Å². The molecule has 2 aromatic heterocycles. The van der Waals surface area contributed by atoms with Crippen LogP contribution in [0.15, 0.2) is 42.7 Å². The first-order valence-electron chi connectivity index (χ1n) is 11.6. The number of likely N-dealkylation sites (tertiary alicyclic amines) is 1. The van der Waals surface area contributed by atoms with Gasteiger partial charge in [0.15, 0.2) is 11.5 Å². The quantitative estimate of drug-likeness (QED) is 0.547. The highest BCUT2D eigenvalue weighted by Gasteiger charge is 2.38. The number of hydrogen-bond acceptors (Lipinski definition) is 9. The van der Waals surface area contributed by atoms with Crippen LogP contribution >= 0.6 is 0 Å². The summed E-state index contributed by atoms with van der Waals surface area (Å²) in [5.74, 6) is 0.965. The molecule has 4 bridgehead atoms. The highest BCUT2D eigenvalue weighted by Crippen LogP contribution is 2.29. The molecule has 0 saturated carbocycles. The van der Waals surface area contributed by atoms with Crippen molar-refractivity contribution in [1.29, 1.82) is 0 Å². The van der Waals surface area contributed by atoms with Gasteiger partial charge in [0.1, 0.15) is 18.1 Å². The van der Waals surface area contributed by atoms with Crippen LogP contribution in [-0.2, 0) is 17.9 Å². The molecule has 0 unspecified atom stereocenters. The molecule has 36 heavy (non-hydrogen) atoms. The summed E-state index contributed by atoms with van der Waals surface area (Å²) in [6, 6.07) is 8.00. The molecule has 3 aromatic rings. The van der Waals surface area contributed by atoms with Gasteiger partial charge in [0.25, 0.3) is 11.8 Å². The van der Waals surface area contributed by atoms with E-state index < -0.39 is 12.1 Å². The average molecular weight is 494 g/mol. The minimum atomic E-state index is -0.447. The summed E-state index contributed by atoms with van der Waals surface area (Å²) < 4.78 is 19.1. The second-order valence-corrected chi connectivity index (χ2v) is 8.48. The first-order chi connectivity index (χ1) is 17.6. The van der Waals surface area contributed by atoms with Crippen molar-refractivity contribution in [2.45, 2.75) is 25.3 Å². The minimum absolute atomic E-state index is 0.191. The largest absolute Gasteiger partial charge is 0.493 e. The molecule has 12 heteroatoms. The van der Waals surface area contributed by atoms with Crippen LogP contribution in [0.25, 0.3) is 0 Å². The van der Waals surface area contributed by atoms with Crippen LogP contribution in [0, 0.1) is 0 Å². The van der Waals surface area contributed by atoms with Crippen LogP contribution in [0.2, 0.25) is 0 Å². The highest BCUT2D eigenvalue weighted by molar-refractivity contribution is 5.99. The lowest BCUT2D eigenvalue weighted by Gasteiger charge is -2.20. The lowest BCUT2D eigenvalue weighted by molar-refractivity contribution is 0.0291. The fourth-order valence-electron chi connectivity index (χ4n) is 4.33. The molecule has 2 aliphatic heterocycles. The van der Waals surface area contributed by atoms with Crippen molar-refractivity contribution < 1.29 is 23.8 Å². The molecule has 5 rings (SSSR count). The summed E-state index contributed by atoms with van der Waals surface area (Å²) in [6.07, 6.45) is 2.96. The van der Waals surface area contributed by atoms with Gasteiger partial charge in [0.05, 0.1) is 44.2 Å². The molecule has 2 amide bonds. The van der Waals surface area contributed by atoms with E-state index in [9.17, 15) is 9.59 Å². The van der Waals surface area contributed by atoms with Gasteiger partial charge in [0, 0.05) is 31.9 Å². The number of carbonyl (C=O) groups is 2. The fraction of sp³-hybridized carbons (Fsp3) is 0.375. The number of nitrogens with zero attached hydrogens (tertiary/aromatic N) is 5. The lowest BCUT2D eigenvalue weighted by atomic mass is 10.1. The summed E-state index contributed by atoms with van der Waals surface area (Å²) in [4.78, 5) is 32.4. The second kappa shape index (κ2) is 10.2. The lowest BCUT2D eigenvalue weighted by Crippen LogP contribution is -2.44. The second-order valence-electron chi connectivity index (χ2n) is 8.48. The van der Waals surface area contributed by atoms with E-state index in [1.165, 1.54) is 0 Å². The number of ether oxygens (including phenoxy) is 3.